The van der Waals surface area contributed by atoms with E-state index in [2.05, 4.69) is 25.1 Å². The zero-order valence-corrected chi connectivity index (χ0v) is 24.0. The lowest BCUT2D eigenvalue weighted by molar-refractivity contribution is -0.131. The number of imidazole rings is 1. The highest BCUT2D eigenvalue weighted by molar-refractivity contribution is 6.29. The topological polar surface area (TPSA) is 107 Å². The van der Waals surface area contributed by atoms with Crippen molar-refractivity contribution >= 4 is 23.3 Å². The maximum Gasteiger partial charge on any atom is 0.238 e. The number of amides is 1. The lowest BCUT2D eigenvalue weighted by Gasteiger charge is -2.43. The fraction of sp³-hybridized carbons (Fsp3) is 0.333. The molecule has 2 aromatic carbocycles. The molecule has 0 spiro atoms. The summed E-state index contributed by atoms with van der Waals surface area (Å²) >= 11 is 6.40. The van der Waals surface area contributed by atoms with Crippen molar-refractivity contribution in [2.24, 2.45) is 0 Å². The quantitative estimate of drug-likeness (QED) is 0.294. The van der Waals surface area contributed by atoms with Crippen LogP contribution in [0.4, 0.5) is 5.82 Å². The molecule has 1 saturated heterocycles. The molecule has 1 N–H and O–H groups in total. The largest absolute Gasteiger partial charge is 0.497 e. The zero-order chi connectivity index (χ0) is 28.9. The zero-order valence-electron chi connectivity index (χ0n) is 23.2. The van der Waals surface area contributed by atoms with Crippen LogP contribution in [0.15, 0.2) is 73.3 Å². The number of nitrogens with zero attached hydrogens (tertiary/aromatic N) is 6. The highest BCUT2D eigenvalue weighted by atomic mass is 35.5. The first-order chi connectivity index (χ1) is 20.5. The molecule has 2 aromatic heterocycles. The van der Waals surface area contributed by atoms with Gasteiger partial charge in [-0.05, 0) is 23.8 Å². The average molecular weight is 590 g/mol. The summed E-state index contributed by atoms with van der Waals surface area (Å²) in [5, 5.41) is 3.40. The van der Waals surface area contributed by atoms with Gasteiger partial charge in [0.25, 0.3) is 0 Å². The molecule has 6 rings (SSSR count). The van der Waals surface area contributed by atoms with Crippen LogP contribution < -0.4 is 19.7 Å². The van der Waals surface area contributed by atoms with Gasteiger partial charge in [0.2, 0.25) is 18.1 Å². The Morgan fingerprint density at radius 2 is 2.00 bits per heavy atom. The molecule has 1 fully saturated rings. The number of methoxy groups -OCH3 is 1. The lowest BCUT2D eigenvalue weighted by Crippen LogP contribution is -2.57. The molecule has 2 atom stereocenters. The first-order valence-electron chi connectivity index (χ1n) is 13.8. The first kappa shape index (κ1) is 28.0. The molecule has 0 radical (unpaired) electrons. The van der Waals surface area contributed by atoms with Crippen LogP contribution in [0, 0.1) is 0 Å². The predicted molar refractivity (Wildman–Crippen MR) is 157 cm³/mol. The summed E-state index contributed by atoms with van der Waals surface area (Å²) in [5.74, 6) is 2.70. The maximum atomic E-state index is 13.2. The Hall–Kier alpha value is -4.19. The number of ether oxygens (including phenoxy) is 3. The lowest BCUT2D eigenvalue weighted by atomic mass is 10.1. The molecule has 2 aliphatic rings. The average Bonchev–Trinajstić information content (AvgIpc) is 3.56. The van der Waals surface area contributed by atoms with E-state index in [1.54, 1.807) is 36.5 Å². The number of carbonyl (C=O) groups is 1. The van der Waals surface area contributed by atoms with Crippen molar-refractivity contribution in [1.82, 2.24) is 29.7 Å². The van der Waals surface area contributed by atoms with E-state index in [0.717, 1.165) is 22.6 Å². The van der Waals surface area contributed by atoms with Crippen LogP contribution >= 0.6 is 11.6 Å². The second-order valence-electron chi connectivity index (χ2n) is 10.2. The van der Waals surface area contributed by atoms with Gasteiger partial charge in [-0.3, -0.25) is 14.3 Å². The Kier molecular flexibility index (Phi) is 8.50. The van der Waals surface area contributed by atoms with Gasteiger partial charge in [0.05, 0.1) is 20.3 Å². The van der Waals surface area contributed by atoms with Crippen molar-refractivity contribution in [3.63, 3.8) is 0 Å². The standard InChI is InChI=1S/C30H32ClN7O4/c1-40-24-8-6-21(7-9-24)16-33-28(39)14-23-17-37(27-15-26(31)34-30(35-27)38-11-10-32-20-38)13-12-36(23)18-29-41-19-22-4-2-3-5-25(22)42-29/h2-11,15,20,23,29H,12-14,16-19H2,1H3,(H,33,39). The molecule has 4 aromatic rings. The van der Waals surface area contributed by atoms with Gasteiger partial charge in [0.1, 0.15) is 28.8 Å². The van der Waals surface area contributed by atoms with Gasteiger partial charge >= 0.3 is 0 Å². The third kappa shape index (κ3) is 6.64. The van der Waals surface area contributed by atoms with Gasteiger partial charge in [-0.2, -0.15) is 4.98 Å². The van der Waals surface area contributed by atoms with E-state index >= 15 is 0 Å². The number of carbonyl (C=O) groups excluding carboxylic acids is 1. The number of anilines is 1. The summed E-state index contributed by atoms with van der Waals surface area (Å²) in [6, 6.07) is 17.2. The van der Waals surface area contributed by atoms with Crippen LogP contribution in [-0.4, -0.2) is 75.9 Å². The molecule has 2 unspecified atom stereocenters. The Morgan fingerprint density at radius 3 is 2.81 bits per heavy atom. The fourth-order valence-corrected chi connectivity index (χ4v) is 5.37. The van der Waals surface area contributed by atoms with Crippen LogP contribution in [0.5, 0.6) is 11.5 Å². The summed E-state index contributed by atoms with van der Waals surface area (Å²) in [6.07, 6.45) is 4.93. The van der Waals surface area contributed by atoms with Crippen molar-refractivity contribution in [1.29, 1.82) is 0 Å². The van der Waals surface area contributed by atoms with Crippen LogP contribution in [0.2, 0.25) is 5.15 Å². The van der Waals surface area contributed by atoms with Gasteiger partial charge in [-0.1, -0.05) is 41.9 Å². The highest BCUT2D eigenvalue weighted by Gasteiger charge is 2.33. The minimum Gasteiger partial charge on any atom is -0.497 e. The van der Waals surface area contributed by atoms with Crippen molar-refractivity contribution in [2.45, 2.75) is 31.9 Å². The SMILES string of the molecule is COc1ccc(CNC(=O)CC2CN(c3cc(Cl)nc(-n4ccnc4)n3)CCN2CC2OCc3ccccc3O2)cc1. The van der Waals surface area contributed by atoms with Gasteiger partial charge in [0.15, 0.2) is 0 Å². The summed E-state index contributed by atoms with van der Waals surface area (Å²) < 4.78 is 19.1. The minimum absolute atomic E-state index is 0.0432. The van der Waals surface area contributed by atoms with E-state index in [4.69, 9.17) is 30.8 Å². The van der Waals surface area contributed by atoms with Crippen molar-refractivity contribution in [3.8, 4) is 17.4 Å². The molecule has 42 heavy (non-hydrogen) atoms. The summed E-state index contributed by atoms with van der Waals surface area (Å²) in [4.78, 5) is 30.8. The number of nitrogens with one attached hydrogen (secondary N) is 1. The monoisotopic (exact) mass is 589 g/mol. The highest BCUT2D eigenvalue weighted by Crippen LogP contribution is 2.28. The van der Waals surface area contributed by atoms with Crippen LogP contribution in [-0.2, 0) is 22.7 Å². The number of fused-ring (bicyclic) bond motifs is 1. The molecule has 4 heterocycles. The molecular weight excluding hydrogens is 558 g/mol. The molecule has 1 amide bonds. The molecule has 0 bridgehead atoms. The van der Waals surface area contributed by atoms with Crippen LogP contribution in [0.1, 0.15) is 17.5 Å². The number of rotatable bonds is 9. The molecule has 218 valence electrons. The maximum absolute atomic E-state index is 13.2. The number of hydrogen-bond donors (Lipinski definition) is 1. The normalized spacial score (nSPS) is 18.7. The molecule has 0 saturated carbocycles. The molecule has 11 nitrogen and oxygen atoms in total. The predicted octanol–water partition coefficient (Wildman–Crippen LogP) is 3.46. The van der Waals surface area contributed by atoms with E-state index in [1.165, 1.54) is 0 Å². The Balaban J connectivity index is 1.16. The van der Waals surface area contributed by atoms with E-state index in [-0.39, 0.29) is 11.9 Å². The second kappa shape index (κ2) is 12.8. The second-order valence-corrected chi connectivity index (χ2v) is 10.6. The minimum atomic E-state index is -0.433. The van der Waals surface area contributed by atoms with Crippen LogP contribution in [0.3, 0.4) is 0 Å². The van der Waals surface area contributed by atoms with Gasteiger partial charge in [0, 0.05) is 62.7 Å². The molecule has 12 heteroatoms. The smallest absolute Gasteiger partial charge is 0.238 e. The number of piperazine rings is 1. The van der Waals surface area contributed by atoms with E-state index < -0.39 is 6.29 Å². The number of aromatic nitrogens is 4. The number of para-hydroxylation sites is 1. The van der Waals surface area contributed by atoms with Gasteiger partial charge in [-0.25, -0.2) is 9.97 Å². The van der Waals surface area contributed by atoms with Crippen molar-refractivity contribution < 1.29 is 19.0 Å². The number of halogens is 1. The molecule has 2 aliphatic heterocycles. The number of hydrogen-bond acceptors (Lipinski definition) is 9. The fourth-order valence-electron chi connectivity index (χ4n) is 5.19. The Morgan fingerprint density at radius 1 is 1.14 bits per heavy atom. The molecular formula is C30H32ClN7O4. The van der Waals surface area contributed by atoms with E-state index in [9.17, 15) is 4.79 Å². The summed E-state index contributed by atoms with van der Waals surface area (Å²) in [6.45, 7) is 3.39. The van der Waals surface area contributed by atoms with Gasteiger partial charge in [-0.15, -0.1) is 0 Å². The summed E-state index contributed by atoms with van der Waals surface area (Å²) in [7, 11) is 1.63. The number of benzene rings is 2. The van der Waals surface area contributed by atoms with Crippen molar-refractivity contribution in [3.05, 3.63) is 89.6 Å². The van der Waals surface area contributed by atoms with E-state index in [0.29, 0.717) is 62.7 Å². The third-order valence-electron chi connectivity index (χ3n) is 7.44. The van der Waals surface area contributed by atoms with Crippen LogP contribution in [0.25, 0.3) is 5.95 Å². The van der Waals surface area contributed by atoms with Gasteiger partial charge < -0.3 is 24.4 Å². The summed E-state index contributed by atoms with van der Waals surface area (Å²) in [5.41, 5.74) is 2.03. The molecule has 0 aliphatic carbocycles. The Labute approximate surface area is 249 Å². The Bertz CT molecular complexity index is 1500. The third-order valence-corrected chi connectivity index (χ3v) is 7.64. The van der Waals surface area contributed by atoms with E-state index in [1.807, 2.05) is 48.5 Å². The van der Waals surface area contributed by atoms with Crippen molar-refractivity contribution in [2.75, 3.05) is 38.2 Å². The first-order valence-corrected chi connectivity index (χ1v) is 14.2.